The van der Waals surface area contributed by atoms with Crippen molar-refractivity contribution >= 4 is 0 Å². The van der Waals surface area contributed by atoms with Crippen LogP contribution in [0, 0.1) is 5.92 Å². The number of hydrogen-bond acceptors (Lipinski definition) is 3. The second kappa shape index (κ2) is 6.59. The van der Waals surface area contributed by atoms with Crippen LogP contribution in [0.15, 0.2) is 18.2 Å². The second-order valence-corrected chi connectivity index (χ2v) is 5.90. The van der Waals surface area contributed by atoms with Gasteiger partial charge in [0.2, 0.25) is 0 Å². The van der Waals surface area contributed by atoms with E-state index in [9.17, 15) is 0 Å². The van der Waals surface area contributed by atoms with E-state index in [1.165, 1.54) is 24.0 Å². The number of rotatable bonds is 8. The maximum Gasteiger partial charge on any atom is 0.122 e. The van der Waals surface area contributed by atoms with E-state index in [4.69, 9.17) is 9.47 Å². The van der Waals surface area contributed by atoms with Crippen LogP contribution in [0.4, 0.5) is 0 Å². The molecular formula is C17H25NO2. The predicted octanol–water partition coefficient (Wildman–Crippen LogP) is 3.09. The van der Waals surface area contributed by atoms with Crippen molar-refractivity contribution in [3.05, 3.63) is 29.3 Å². The summed E-state index contributed by atoms with van der Waals surface area (Å²) >= 11 is 0. The Labute approximate surface area is 121 Å². The van der Waals surface area contributed by atoms with Gasteiger partial charge < -0.3 is 14.8 Å². The molecule has 1 atom stereocenters. The van der Waals surface area contributed by atoms with Crippen LogP contribution in [-0.4, -0.2) is 26.4 Å². The molecule has 1 aliphatic heterocycles. The lowest BCUT2D eigenvalue weighted by Crippen LogP contribution is -2.25. The standard InChI is InChI=1S/C17H25NO2/c1-2-16(18-8-10-19-12-13-3-4-13)14-5-6-17-15(11-14)7-9-20-17/h5-6,11,13,16,18H,2-4,7-10,12H2,1H3. The molecule has 2 aliphatic rings. The van der Waals surface area contributed by atoms with E-state index < -0.39 is 0 Å². The van der Waals surface area contributed by atoms with E-state index in [0.717, 1.165) is 50.9 Å². The summed E-state index contributed by atoms with van der Waals surface area (Å²) in [6.07, 6.45) is 4.87. The molecule has 110 valence electrons. The van der Waals surface area contributed by atoms with Gasteiger partial charge in [0.25, 0.3) is 0 Å². The van der Waals surface area contributed by atoms with Gasteiger partial charge in [0.1, 0.15) is 5.75 Å². The Kier molecular flexibility index (Phi) is 4.58. The molecule has 1 unspecified atom stereocenters. The molecule has 20 heavy (non-hydrogen) atoms. The fraction of sp³-hybridized carbons (Fsp3) is 0.647. The minimum absolute atomic E-state index is 0.422. The molecule has 1 N–H and O–H groups in total. The second-order valence-electron chi connectivity index (χ2n) is 5.90. The maximum absolute atomic E-state index is 5.68. The molecule has 0 spiro atoms. The Morgan fingerprint density at radius 2 is 2.30 bits per heavy atom. The van der Waals surface area contributed by atoms with Crippen molar-refractivity contribution in [2.75, 3.05) is 26.4 Å². The van der Waals surface area contributed by atoms with Crippen molar-refractivity contribution in [3.8, 4) is 5.75 Å². The molecule has 0 bridgehead atoms. The summed E-state index contributed by atoms with van der Waals surface area (Å²) in [5, 5.41) is 3.61. The van der Waals surface area contributed by atoms with Gasteiger partial charge in [0.05, 0.1) is 13.2 Å². The van der Waals surface area contributed by atoms with E-state index in [1.54, 1.807) is 0 Å². The minimum atomic E-state index is 0.422. The molecule has 1 aliphatic carbocycles. The molecule has 0 amide bonds. The van der Waals surface area contributed by atoms with Gasteiger partial charge in [-0.2, -0.15) is 0 Å². The smallest absolute Gasteiger partial charge is 0.122 e. The van der Waals surface area contributed by atoms with Crippen LogP contribution < -0.4 is 10.1 Å². The molecule has 1 saturated carbocycles. The molecule has 0 radical (unpaired) electrons. The van der Waals surface area contributed by atoms with Crippen molar-refractivity contribution < 1.29 is 9.47 Å². The van der Waals surface area contributed by atoms with Crippen LogP contribution in [-0.2, 0) is 11.2 Å². The van der Waals surface area contributed by atoms with Gasteiger partial charge in [-0.05, 0) is 42.4 Å². The SMILES string of the molecule is CCC(NCCOCC1CC1)c1ccc2c(c1)CCO2. The molecule has 0 saturated heterocycles. The van der Waals surface area contributed by atoms with Gasteiger partial charge >= 0.3 is 0 Å². The van der Waals surface area contributed by atoms with Crippen molar-refractivity contribution in [2.24, 2.45) is 5.92 Å². The fourth-order valence-corrected chi connectivity index (χ4v) is 2.76. The van der Waals surface area contributed by atoms with E-state index in [-0.39, 0.29) is 0 Å². The van der Waals surface area contributed by atoms with Crippen LogP contribution >= 0.6 is 0 Å². The first kappa shape index (κ1) is 13.9. The van der Waals surface area contributed by atoms with Crippen LogP contribution in [0.1, 0.15) is 43.4 Å². The fourth-order valence-electron chi connectivity index (χ4n) is 2.76. The van der Waals surface area contributed by atoms with Crippen LogP contribution in [0.5, 0.6) is 5.75 Å². The van der Waals surface area contributed by atoms with Gasteiger partial charge in [-0.3, -0.25) is 0 Å². The Balaban J connectivity index is 1.47. The lowest BCUT2D eigenvalue weighted by molar-refractivity contribution is 0.124. The first-order valence-corrected chi connectivity index (χ1v) is 7.93. The first-order chi connectivity index (χ1) is 9.86. The highest BCUT2D eigenvalue weighted by Gasteiger charge is 2.21. The van der Waals surface area contributed by atoms with Crippen LogP contribution in [0.25, 0.3) is 0 Å². The van der Waals surface area contributed by atoms with E-state index in [2.05, 4.69) is 30.4 Å². The van der Waals surface area contributed by atoms with Gasteiger partial charge in [0.15, 0.2) is 0 Å². The zero-order valence-electron chi connectivity index (χ0n) is 12.4. The van der Waals surface area contributed by atoms with Crippen molar-refractivity contribution in [1.29, 1.82) is 0 Å². The summed E-state index contributed by atoms with van der Waals surface area (Å²) in [5.74, 6) is 1.92. The van der Waals surface area contributed by atoms with Crippen molar-refractivity contribution in [2.45, 2.75) is 38.6 Å². The lowest BCUT2D eigenvalue weighted by atomic mass is 10.0. The van der Waals surface area contributed by atoms with Crippen molar-refractivity contribution in [1.82, 2.24) is 5.32 Å². The topological polar surface area (TPSA) is 30.5 Å². The Bertz CT molecular complexity index is 443. The highest BCUT2D eigenvalue weighted by Crippen LogP contribution is 2.29. The van der Waals surface area contributed by atoms with Crippen molar-refractivity contribution in [3.63, 3.8) is 0 Å². The third-order valence-electron chi connectivity index (χ3n) is 4.21. The van der Waals surface area contributed by atoms with E-state index in [0.29, 0.717) is 6.04 Å². The van der Waals surface area contributed by atoms with Gasteiger partial charge in [-0.15, -0.1) is 0 Å². The third kappa shape index (κ3) is 3.53. The molecule has 3 rings (SSSR count). The Morgan fingerprint density at radius 1 is 1.40 bits per heavy atom. The molecule has 0 aromatic heterocycles. The van der Waals surface area contributed by atoms with Crippen LogP contribution in [0.2, 0.25) is 0 Å². The largest absolute Gasteiger partial charge is 0.493 e. The summed E-state index contributed by atoms with van der Waals surface area (Å²) in [7, 11) is 0. The van der Waals surface area contributed by atoms with Crippen LogP contribution in [0.3, 0.4) is 0 Å². The molecule has 1 heterocycles. The zero-order valence-corrected chi connectivity index (χ0v) is 12.4. The van der Waals surface area contributed by atoms with E-state index in [1.807, 2.05) is 0 Å². The highest BCUT2D eigenvalue weighted by atomic mass is 16.5. The Morgan fingerprint density at radius 3 is 3.10 bits per heavy atom. The third-order valence-corrected chi connectivity index (χ3v) is 4.21. The molecule has 3 heteroatoms. The molecule has 1 aromatic carbocycles. The number of benzene rings is 1. The van der Waals surface area contributed by atoms with Gasteiger partial charge in [0, 0.05) is 25.6 Å². The summed E-state index contributed by atoms with van der Waals surface area (Å²) in [6.45, 7) is 5.76. The summed E-state index contributed by atoms with van der Waals surface area (Å²) in [5.41, 5.74) is 2.73. The van der Waals surface area contributed by atoms with Gasteiger partial charge in [-0.25, -0.2) is 0 Å². The quantitative estimate of drug-likeness (QED) is 0.740. The molecule has 3 nitrogen and oxygen atoms in total. The maximum atomic E-state index is 5.68. The number of nitrogens with one attached hydrogen (secondary N) is 1. The van der Waals surface area contributed by atoms with Gasteiger partial charge in [-0.1, -0.05) is 19.1 Å². The average molecular weight is 275 g/mol. The number of fused-ring (bicyclic) bond motifs is 1. The molecular weight excluding hydrogens is 250 g/mol. The number of hydrogen-bond donors (Lipinski definition) is 1. The lowest BCUT2D eigenvalue weighted by Gasteiger charge is -2.18. The zero-order chi connectivity index (χ0) is 13.8. The number of ether oxygens (including phenoxy) is 2. The summed E-state index contributed by atoms with van der Waals surface area (Å²) in [4.78, 5) is 0. The van der Waals surface area contributed by atoms with E-state index >= 15 is 0 Å². The Hall–Kier alpha value is -1.06. The molecule has 1 aromatic rings. The summed E-state index contributed by atoms with van der Waals surface area (Å²) < 4.78 is 11.2. The highest BCUT2D eigenvalue weighted by molar-refractivity contribution is 5.40. The average Bonchev–Trinajstić information content (AvgIpc) is 3.17. The summed E-state index contributed by atoms with van der Waals surface area (Å²) in [6, 6.07) is 7.03. The first-order valence-electron chi connectivity index (χ1n) is 7.93. The molecule has 1 fully saturated rings. The predicted molar refractivity (Wildman–Crippen MR) is 80.2 cm³/mol. The monoisotopic (exact) mass is 275 g/mol. The minimum Gasteiger partial charge on any atom is -0.493 e. The normalized spacial score (nSPS) is 18.6.